The Hall–Kier alpha value is -0.620. The van der Waals surface area contributed by atoms with Crippen LogP contribution in [0.3, 0.4) is 0 Å². The van der Waals surface area contributed by atoms with Crippen LogP contribution in [0.1, 0.15) is 43.4 Å². The second kappa shape index (κ2) is 6.85. The average molecular weight is 259 g/mol. The molecule has 4 nitrogen and oxygen atoms in total. The Labute approximate surface area is 104 Å². The van der Waals surface area contributed by atoms with E-state index in [1.165, 1.54) is 11.3 Å². The van der Waals surface area contributed by atoms with Gasteiger partial charge >= 0.3 is 0 Å². The van der Waals surface area contributed by atoms with Crippen molar-refractivity contribution >= 4 is 29.0 Å². The number of hydrogen-bond donors (Lipinski definition) is 1. The summed E-state index contributed by atoms with van der Waals surface area (Å²) in [6.07, 6.45) is 2.07. The molecule has 0 spiro atoms. The number of carbonyl (C=O) groups excluding carboxylic acids is 1. The van der Waals surface area contributed by atoms with E-state index < -0.39 is 0 Å². The molecular weight excluding hydrogens is 242 g/mol. The normalized spacial score (nSPS) is 10.8. The van der Waals surface area contributed by atoms with E-state index in [2.05, 4.69) is 36.3 Å². The molecule has 0 aliphatic rings. The number of amides is 1. The van der Waals surface area contributed by atoms with Crippen molar-refractivity contribution < 1.29 is 4.79 Å². The topological polar surface area (TPSA) is 54.9 Å². The zero-order valence-corrected chi connectivity index (χ0v) is 11.5. The lowest BCUT2D eigenvalue weighted by Gasteiger charge is -1.99. The molecule has 0 aromatic carbocycles. The van der Waals surface area contributed by atoms with Crippen molar-refractivity contribution in [2.75, 3.05) is 6.54 Å². The van der Waals surface area contributed by atoms with Gasteiger partial charge in [-0.3, -0.25) is 4.79 Å². The van der Waals surface area contributed by atoms with E-state index >= 15 is 0 Å². The molecule has 0 atom stereocenters. The molecule has 90 valence electrons. The Kier molecular flexibility index (Phi) is 5.76. The molecule has 0 aliphatic carbocycles. The fraction of sp³-hybridized carbons (Fsp3) is 0.700. The van der Waals surface area contributed by atoms with Gasteiger partial charge in [-0.1, -0.05) is 50.3 Å². The third kappa shape index (κ3) is 4.49. The number of hydrogen-bond acceptors (Lipinski definition) is 5. The number of carbonyl (C=O) groups is 1. The Bertz CT molecular complexity index is 339. The summed E-state index contributed by atoms with van der Waals surface area (Å²) >= 11 is 2.99. The van der Waals surface area contributed by atoms with Gasteiger partial charge in [0.1, 0.15) is 0 Å². The summed E-state index contributed by atoms with van der Waals surface area (Å²) < 4.78 is 0.857. The fourth-order valence-electron chi connectivity index (χ4n) is 1.01. The summed E-state index contributed by atoms with van der Waals surface area (Å²) in [5, 5.41) is 11.6. The second-order valence-electron chi connectivity index (χ2n) is 3.65. The first-order valence-electron chi connectivity index (χ1n) is 5.41. The molecule has 0 fully saturated rings. The monoisotopic (exact) mass is 259 g/mol. The smallest absolute Gasteiger partial charge is 0.282 e. The van der Waals surface area contributed by atoms with Crippen LogP contribution in [0.2, 0.25) is 0 Å². The first-order chi connectivity index (χ1) is 7.63. The summed E-state index contributed by atoms with van der Waals surface area (Å²) in [6.45, 7) is 6.98. The molecule has 0 radical (unpaired) electrons. The van der Waals surface area contributed by atoms with E-state index in [1.807, 2.05) is 0 Å². The molecule has 0 saturated heterocycles. The first kappa shape index (κ1) is 13.4. The van der Waals surface area contributed by atoms with Gasteiger partial charge in [0, 0.05) is 11.8 Å². The van der Waals surface area contributed by atoms with Crippen LogP contribution in [0, 0.1) is 0 Å². The lowest BCUT2D eigenvalue weighted by molar-refractivity contribution is 0.0952. The zero-order chi connectivity index (χ0) is 12.0. The van der Waals surface area contributed by atoms with E-state index in [-0.39, 0.29) is 5.91 Å². The quantitative estimate of drug-likeness (QED) is 0.630. The van der Waals surface area contributed by atoms with Crippen LogP contribution in [-0.4, -0.2) is 27.9 Å². The Balaban J connectivity index is 2.46. The van der Waals surface area contributed by atoms with Crippen molar-refractivity contribution in [3.05, 3.63) is 5.01 Å². The Morgan fingerprint density at radius 2 is 2.25 bits per heavy atom. The highest BCUT2D eigenvalue weighted by Crippen LogP contribution is 2.25. The van der Waals surface area contributed by atoms with E-state index in [0.29, 0.717) is 16.8 Å². The van der Waals surface area contributed by atoms with Crippen molar-refractivity contribution in [3.63, 3.8) is 0 Å². The Morgan fingerprint density at radius 1 is 1.50 bits per heavy atom. The second-order valence-corrected chi connectivity index (χ2v) is 6.45. The van der Waals surface area contributed by atoms with Crippen LogP contribution in [-0.2, 0) is 0 Å². The number of thioether (sulfide) groups is 1. The van der Waals surface area contributed by atoms with E-state index in [1.54, 1.807) is 11.8 Å². The number of aromatic nitrogens is 2. The minimum absolute atomic E-state index is 0.110. The number of unbranched alkanes of at least 4 members (excludes halogenated alkanes) is 1. The average Bonchev–Trinajstić information content (AvgIpc) is 2.65. The number of rotatable bonds is 6. The summed E-state index contributed by atoms with van der Waals surface area (Å²) in [7, 11) is 0. The van der Waals surface area contributed by atoms with Crippen LogP contribution < -0.4 is 5.32 Å². The highest BCUT2D eigenvalue weighted by atomic mass is 32.2. The van der Waals surface area contributed by atoms with Crippen molar-refractivity contribution in [1.29, 1.82) is 0 Å². The highest BCUT2D eigenvalue weighted by Gasteiger charge is 2.12. The molecule has 1 N–H and O–H groups in total. The van der Waals surface area contributed by atoms with Crippen molar-refractivity contribution in [2.24, 2.45) is 0 Å². The number of nitrogens with zero attached hydrogens (tertiary/aromatic N) is 2. The largest absolute Gasteiger partial charge is 0.350 e. The molecule has 16 heavy (non-hydrogen) atoms. The third-order valence-corrected chi connectivity index (χ3v) is 3.76. The van der Waals surface area contributed by atoms with Crippen LogP contribution in [0.15, 0.2) is 4.34 Å². The van der Waals surface area contributed by atoms with E-state index in [4.69, 9.17) is 0 Å². The molecule has 0 bridgehead atoms. The SMILES string of the molecule is CCCCNC(=O)c1nnc(SC(C)C)s1. The minimum atomic E-state index is -0.110. The summed E-state index contributed by atoms with van der Waals surface area (Å²) in [5.41, 5.74) is 0. The maximum atomic E-state index is 11.6. The van der Waals surface area contributed by atoms with Gasteiger partial charge in [-0.2, -0.15) is 0 Å². The zero-order valence-electron chi connectivity index (χ0n) is 9.82. The van der Waals surface area contributed by atoms with E-state index in [0.717, 1.165) is 17.2 Å². The van der Waals surface area contributed by atoms with Gasteiger partial charge < -0.3 is 5.32 Å². The molecule has 1 amide bonds. The summed E-state index contributed by atoms with van der Waals surface area (Å²) in [5.74, 6) is -0.110. The first-order valence-corrected chi connectivity index (χ1v) is 7.11. The van der Waals surface area contributed by atoms with Crippen LogP contribution >= 0.6 is 23.1 Å². The number of nitrogens with one attached hydrogen (secondary N) is 1. The molecule has 1 aromatic heterocycles. The van der Waals surface area contributed by atoms with E-state index in [9.17, 15) is 4.79 Å². The van der Waals surface area contributed by atoms with Gasteiger partial charge in [-0.25, -0.2) is 0 Å². The predicted octanol–water partition coefficient (Wildman–Crippen LogP) is 2.57. The molecule has 1 rings (SSSR count). The maximum Gasteiger partial charge on any atom is 0.282 e. The van der Waals surface area contributed by atoms with Crippen LogP contribution in [0.4, 0.5) is 0 Å². The van der Waals surface area contributed by atoms with Gasteiger partial charge in [-0.15, -0.1) is 10.2 Å². The highest BCUT2D eigenvalue weighted by molar-refractivity contribution is 8.01. The van der Waals surface area contributed by atoms with Crippen molar-refractivity contribution in [2.45, 2.75) is 43.2 Å². The molecule has 0 unspecified atom stereocenters. The molecule has 0 aliphatic heterocycles. The Morgan fingerprint density at radius 3 is 2.88 bits per heavy atom. The van der Waals surface area contributed by atoms with Gasteiger partial charge in [-0.05, 0) is 6.42 Å². The van der Waals surface area contributed by atoms with Crippen molar-refractivity contribution in [3.8, 4) is 0 Å². The van der Waals surface area contributed by atoms with Gasteiger partial charge in [0.15, 0.2) is 4.34 Å². The molecule has 1 aromatic rings. The third-order valence-electron chi connectivity index (χ3n) is 1.75. The van der Waals surface area contributed by atoms with Crippen LogP contribution in [0.5, 0.6) is 0 Å². The standard InChI is InChI=1S/C10H17N3OS2/c1-4-5-6-11-8(14)9-12-13-10(16-9)15-7(2)3/h7H,4-6H2,1-3H3,(H,11,14). The van der Waals surface area contributed by atoms with Gasteiger partial charge in [0.25, 0.3) is 5.91 Å². The summed E-state index contributed by atoms with van der Waals surface area (Å²) in [6, 6.07) is 0. The molecule has 6 heteroatoms. The van der Waals surface area contributed by atoms with Gasteiger partial charge in [0.05, 0.1) is 0 Å². The van der Waals surface area contributed by atoms with Gasteiger partial charge in [0.2, 0.25) is 5.01 Å². The lowest BCUT2D eigenvalue weighted by Crippen LogP contribution is -2.24. The minimum Gasteiger partial charge on any atom is -0.350 e. The molecule has 1 heterocycles. The molecule has 0 saturated carbocycles. The lowest BCUT2D eigenvalue weighted by atomic mass is 10.3. The maximum absolute atomic E-state index is 11.6. The predicted molar refractivity (Wildman–Crippen MR) is 68.1 cm³/mol. The summed E-state index contributed by atoms with van der Waals surface area (Å²) in [4.78, 5) is 11.6. The van der Waals surface area contributed by atoms with Crippen molar-refractivity contribution in [1.82, 2.24) is 15.5 Å². The molecular formula is C10H17N3OS2. The van der Waals surface area contributed by atoms with Crippen LogP contribution in [0.25, 0.3) is 0 Å². The fourth-order valence-corrected chi connectivity index (χ4v) is 3.00.